The first kappa shape index (κ1) is 17.3. The van der Waals surface area contributed by atoms with E-state index >= 15 is 0 Å². The SMILES string of the molecule is CC(NC(=O)NCCC(=O)O)(C(F)(F)F)C(F)(F)F. The van der Waals surface area contributed by atoms with Gasteiger partial charge in [0.2, 0.25) is 5.54 Å². The van der Waals surface area contributed by atoms with Crippen molar-refractivity contribution in [3.63, 3.8) is 0 Å². The average molecular weight is 296 g/mol. The predicted molar refractivity (Wildman–Crippen MR) is 49.3 cm³/mol. The number of amides is 2. The minimum Gasteiger partial charge on any atom is -0.481 e. The van der Waals surface area contributed by atoms with Gasteiger partial charge in [-0.2, -0.15) is 26.3 Å². The van der Waals surface area contributed by atoms with Crippen LogP contribution < -0.4 is 10.6 Å². The van der Waals surface area contributed by atoms with Gasteiger partial charge in [0.1, 0.15) is 0 Å². The fourth-order valence-corrected chi connectivity index (χ4v) is 0.857. The summed E-state index contributed by atoms with van der Waals surface area (Å²) in [7, 11) is 0. The molecule has 0 spiro atoms. The molecule has 11 heteroatoms. The van der Waals surface area contributed by atoms with E-state index in [0.29, 0.717) is 0 Å². The molecular weight excluding hydrogens is 286 g/mol. The van der Waals surface area contributed by atoms with Gasteiger partial charge >= 0.3 is 24.4 Å². The lowest BCUT2D eigenvalue weighted by Crippen LogP contribution is -2.67. The number of carbonyl (C=O) groups excluding carboxylic acids is 1. The van der Waals surface area contributed by atoms with Crippen molar-refractivity contribution in [3.8, 4) is 0 Å². The van der Waals surface area contributed by atoms with Crippen LogP contribution in [-0.4, -0.2) is 41.5 Å². The highest BCUT2D eigenvalue weighted by atomic mass is 19.4. The minimum atomic E-state index is -5.75. The second kappa shape index (κ2) is 5.53. The second-order valence-electron chi connectivity index (χ2n) is 3.65. The molecule has 0 bridgehead atoms. The number of hydrogen-bond acceptors (Lipinski definition) is 2. The van der Waals surface area contributed by atoms with Gasteiger partial charge < -0.3 is 15.7 Å². The van der Waals surface area contributed by atoms with Gasteiger partial charge in [-0.1, -0.05) is 0 Å². The molecule has 0 aliphatic carbocycles. The number of hydrogen-bond donors (Lipinski definition) is 3. The molecule has 0 saturated heterocycles. The molecule has 0 aromatic heterocycles. The van der Waals surface area contributed by atoms with E-state index in [2.05, 4.69) is 0 Å². The van der Waals surface area contributed by atoms with Crippen molar-refractivity contribution >= 4 is 12.0 Å². The van der Waals surface area contributed by atoms with E-state index in [4.69, 9.17) is 5.11 Å². The van der Waals surface area contributed by atoms with Crippen LogP contribution in [0.5, 0.6) is 0 Å². The Hall–Kier alpha value is -1.68. The fourth-order valence-electron chi connectivity index (χ4n) is 0.857. The number of rotatable bonds is 4. The van der Waals surface area contributed by atoms with E-state index in [1.807, 2.05) is 0 Å². The lowest BCUT2D eigenvalue weighted by Gasteiger charge is -2.34. The van der Waals surface area contributed by atoms with E-state index < -0.39 is 42.9 Å². The molecule has 5 nitrogen and oxygen atoms in total. The minimum absolute atomic E-state index is 0.232. The predicted octanol–water partition coefficient (Wildman–Crippen LogP) is 1.64. The Morgan fingerprint density at radius 3 is 1.79 bits per heavy atom. The lowest BCUT2D eigenvalue weighted by atomic mass is 10.0. The summed E-state index contributed by atoms with van der Waals surface area (Å²) in [6.45, 7) is -0.837. The van der Waals surface area contributed by atoms with Crippen molar-refractivity contribution in [2.75, 3.05) is 6.54 Å². The van der Waals surface area contributed by atoms with E-state index in [1.54, 1.807) is 5.32 Å². The summed E-state index contributed by atoms with van der Waals surface area (Å²) in [5.41, 5.74) is -4.42. The van der Waals surface area contributed by atoms with Crippen molar-refractivity contribution in [1.82, 2.24) is 10.6 Å². The number of halogens is 6. The number of alkyl halides is 6. The van der Waals surface area contributed by atoms with Crippen LogP contribution in [0.1, 0.15) is 13.3 Å². The Kier molecular flexibility index (Phi) is 5.04. The Bertz CT molecular complexity index is 337. The molecule has 0 unspecified atom stereocenters. The van der Waals surface area contributed by atoms with E-state index in [0.717, 1.165) is 5.32 Å². The van der Waals surface area contributed by atoms with Crippen LogP contribution in [0, 0.1) is 0 Å². The van der Waals surface area contributed by atoms with Gasteiger partial charge in [-0.05, 0) is 6.92 Å². The smallest absolute Gasteiger partial charge is 0.420 e. The zero-order chi connectivity index (χ0) is 15.5. The van der Waals surface area contributed by atoms with Gasteiger partial charge in [0.15, 0.2) is 0 Å². The summed E-state index contributed by atoms with van der Waals surface area (Å²) in [5, 5.41) is 10.5. The summed E-state index contributed by atoms with van der Waals surface area (Å²) in [6, 6.07) is -1.77. The highest BCUT2D eigenvalue weighted by Crippen LogP contribution is 2.42. The normalized spacial score (nSPS) is 13.0. The molecule has 0 atom stereocenters. The average Bonchev–Trinajstić information content (AvgIpc) is 2.12. The second-order valence-corrected chi connectivity index (χ2v) is 3.65. The highest BCUT2D eigenvalue weighted by molar-refractivity contribution is 5.76. The molecule has 112 valence electrons. The van der Waals surface area contributed by atoms with Crippen LogP contribution in [-0.2, 0) is 4.79 Å². The number of nitrogens with one attached hydrogen (secondary N) is 2. The zero-order valence-corrected chi connectivity index (χ0v) is 9.45. The van der Waals surface area contributed by atoms with Gasteiger partial charge in [-0.15, -0.1) is 0 Å². The first-order valence-corrected chi connectivity index (χ1v) is 4.72. The molecule has 0 radical (unpaired) electrons. The third-order valence-electron chi connectivity index (χ3n) is 2.12. The van der Waals surface area contributed by atoms with Crippen molar-refractivity contribution < 1.29 is 41.0 Å². The van der Waals surface area contributed by atoms with Gasteiger partial charge in [0.05, 0.1) is 6.42 Å². The Morgan fingerprint density at radius 2 is 1.47 bits per heavy atom. The summed E-state index contributed by atoms with van der Waals surface area (Å²) in [5.74, 6) is -1.37. The molecule has 0 fully saturated rings. The molecule has 0 aromatic rings. The largest absolute Gasteiger partial charge is 0.481 e. The number of carbonyl (C=O) groups is 2. The van der Waals surface area contributed by atoms with Gasteiger partial charge in [0, 0.05) is 6.54 Å². The van der Waals surface area contributed by atoms with Gasteiger partial charge in [0.25, 0.3) is 0 Å². The highest BCUT2D eigenvalue weighted by Gasteiger charge is 2.68. The van der Waals surface area contributed by atoms with Crippen molar-refractivity contribution in [2.24, 2.45) is 0 Å². The zero-order valence-electron chi connectivity index (χ0n) is 9.45. The maximum atomic E-state index is 12.4. The van der Waals surface area contributed by atoms with Crippen LogP contribution >= 0.6 is 0 Å². The van der Waals surface area contributed by atoms with Crippen molar-refractivity contribution in [2.45, 2.75) is 31.2 Å². The molecule has 19 heavy (non-hydrogen) atoms. The van der Waals surface area contributed by atoms with Crippen LogP contribution in [0.15, 0.2) is 0 Å². The molecule has 0 rings (SSSR count). The molecule has 3 N–H and O–H groups in total. The number of carboxylic acids is 1. The summed E-state index contributed by atoms with van der Waals surface area (Å²) in [6.07, 6.45) is -12.1. The first-order valence-electron chi connectivity index (χ1n) is 4.72. The molecular formula is C8H10F6N2O3. The molecule has 0 aliphatic heterocycles. The fraction of sp³-hybridized carbons (Fsp3) is 0.750. The number of aliphatic carboxylic acids is 1. The molecule has 0 aromatic carbocycles. The van der Waals surface area contributed by atoms with Crippen molar-refractivity contribution in [1.29, 1.82) is 0 Å². The number of urea groups is 1. The van der Waals surface area contributed by atoms with E-state index in [-0.39, 0.29) is 6.92 Å². The van der Waals surface area contributed by atoms with Crippen LogP contribution in [0.2, 0.25) is 0 Å². The summed E-state index contributed by atoms with van der Waals surface area (Å²) < 4.78 is 74.1. The van der Waals surface area contributed by atoms with Crippen LogP contribution in [0.3, 0.4) is 0 Å². The molecule has 0 saturated carbocycles. The molecule has 2 amide bonds. The lowest BCUT2D eigenvalue weighted by molar-refractivity contribution is -0.297. The third kappa shape index (κ3) is 4.48. The quantitative estimate of drug-likeness (QED) is 0.690. The Balaban J connectivity index is 4.78. The van der Waals surface area contributed by atoms with Crippen molar-refractivity contribution in [3.05, 3.63) is 0 Å². The van der Waals surface area contributed by atoms with Crippen LogP contribution in [0.4, 0.5) is 31.1 Å². The topological polar surface area (TPSA) is 78.4 Å². The third-order valence-corrected chi connectivity index (χ3v) is 2.12. The number of carboxylic acid groups (broad SMARTS) is 1. The Labute approximate surface area is 103 Å². The first-order chi connectivity index (χ1) is 8.31. The van der Waals surface area contributed by atoms with E-state index in [9.17, 15) is 35.9 Å². The maximum Gasteiger partial charge on any atom is 0.420 e. The van der Waals surface area contributed by atoms with E-state index in [1.165, 1.54) is 0 Å². The standard InChI is InChI=1S/C8H10F6N2O3/c1-6(7(9,10)11,8(12,13)14)16-5(19)15-3-2-4(17)18/h2-3H2,1H3,(H,17,18)(H2,15,16,19). The maximum absolute atomic E-state index is 12.4. The van der Waals surface area contributed by atoms with Gasteiger partial charge in [-0.3, -0.25) is 4.79 Å². The molecule has 0 aliphatic rings. The summed E-state index contributed by atoms with van der Waals surface area (Å²) in [4.78, 5) is 21.0. The molecule has 0 heterocycles. The monoisotopic (exact) mass is 296 g/mol. The van der Waals surface area contributed by atoms with Gasteiger partial charge in [-0.25, -0.2) is 4.79 Å². The van der Waals surface area contributed by atoms with Crippen LogP contribution in [0.25, 0.3) is 0 Å². The Morgan fingerprint density at radius 1 is 1.05 bits per heavy atom. The summed E-state index contributed by atoms with van der Waals surface area (Å²) >= 11 is 0.